The van der Waals surface area contributed by atoms with Crippen LogP contribution in [0.1, 0.15) is 56.1 Å². The second-order valence-electron chi connectivity index (χ2n) is 9.39. The summed E-state index contributed by atoms with van der Waals surface area (Å²) < 4.78 is 15.6. The third kappa shape index (κ3) is 6.07. The van der Waals surface area contributed by atoms with Crippen molar-refractivity contribution < 1.29 is 19.1 Å². The molecule has 2 aliphatic rings. The molecular weight excluding hydrogens is 672 g/mol. The average molecular weight is 706 g/mol. The molecule has 1 saturated carbocycles. The topological polar surface area (TPSA) is 140 Å². The van der Waals surface area contributed by atoms with E-state index >= 15 is 0 Å². The van der Waals surface area contributed by atoms with Gasteiger partial charge in [-0.1, -0.05) is 19.8 Å². The Balaban J connectivity index is 0.00000172. The summed E-state index contributed by atoms with van der Waals surface area (Å²) in [7, 11) is 1.86. The maximum absolute atomic E-state index is 13.8. The SMILES string of the molecule is CCCCC1(C2CCCC(C(=O)c3nc(SC)c4c(-c5ccn(C)n5)nn(PI)c4n3)C2=O)OCCO1.NS. The largest absolute Gasteiger partial charge is 0.347 e. The average Bonchev–Trinajstić information content (AvgIpc) is 3.71. The molecule has 212 valence electrons. The highest BCUT2D eigenvalue weighted by molar-refractivity contribution is 14.2. The fraction of sp³-hybridized carbons (Fsp3) is 0.583. The van der Waals surface area contributed by atoms with E-state index in [0.717, 1.165) is 30.3 Å². The minimum absolute atomic E-state index is 0.0649. The third-order valence-electron chi connectivity index (χ3n) is 7.12. The fourth-order valence-corrected chi connectivity index (χ4v) is 7.30. The van der Waals surface area contributed by atoms with Crippen molar-refractivity contribution in [2.45, 2.75) is 56.3 Å². The molecule has 2 N–H and O–H groups in total. The highest BCUT2D eigenvalue weighted by Crippen LogP contribution is 2.43. The molecule has 0 amide bonds. The lowest BCUT2D eigenvalue weighted by Crippen LogP contribution is -2.49. The molecule has 11 nitrogen and oxygen atoms in total. The molecular formula is C24H33IN7O4PS2. The normalized spacial score (nSPS) is 21.0. The van der Waals surface area contributed by atoms with Gasteiger partial charge < -0.3 is 9.47 Å². The number of hydrogen-bond donors (Lipinski definition) is 2. The van der Waals surface area contributed by atoms with Crippen LogP contribution >= 0.6 is 53.0 Å². The molecule has 1 aliphatic heterocycles. The molecule has 2 fully saturated rings. The molecule has 0 radical (unpaired) electrons. The molecule has 1 aliphatic carbocycles. The summed E-state index contributed by atoms with van der Waals surface area (Å²) in [4.78, 5) is 36.9. The first kappa shape index (κ1) is 30.8. The number of thioether (sulfide) groups is 1. The van der Waals surface area contributed by atoms with E-state index in [0.29, 0.717) is 48.8 Å². The van der Waals surface area contributed by atoms with Crippen LogP contribution in [0.2, 0.25) is 0 Å². The van der Waals surface area contributed by atoms with E-state index in [1.807, 2.05) is 25.6 Å². The third-order valence-corrected chi connectivity index (χ3v) is 9.64. The summed E-state index contributed by atoms with van der Waals surface area (Å²) >= 11 is 6.70. The van der Waals surface area contributed by atoms with E-state index in [4.69, 9.17) is 14.6 Å². The van der Waals surface area contributed by atoms with E-state index in [9.17, 15) is 9.59 Å². The van der Waals surface area contributed by atoms with Gasteiger partial charge in [-0.2, -0.15) is 10.2 Å². The van der Waals surface area contributed by atoms with Gasteiger partial charge in [-0.15, -0.1) is 24.6 Å². The first-order chi connectivity index (χ1) is 18.9. The van der Waals surface area contributed by atoms with Crippen LogP contribution in [-0.4, -0.2) is 66.1 Å². The molecule has 0 spiro atoms. The van der Waals surface area contributed by atoms with Crippen LogP contribution in [0.25, 0.3) is 22.4 Å². The molecule has 3 unspecified atom stereocenters. The van der Waals surface area contributed by atoms with E-state index in [1.165, 1.54) is 11.8 Å². The monoisotopic (exact) mass is 705 g/mol. The van der Waals surface area contributed by atoms with Gasteiger partial charge in [0.25, 0.3) is 0 Å². The lowest BCUT2D eigenvalue weighted by molar-refractivity contribution is -0.206. The lowest BCUT2D eigenvalue weighted by atomic mass is 9.73. The van der Waals surface area contributed by atoms with Gasteiger partial charge in [0.2, 0.25) is 5.78 Å². The quantitative estimate of drug-likeness (QED) is 0.0616. The number of thiol groups is 1. The number of hydrogen-bond acceptors (Lipinski definition) is 11. The summed E-state index contributed by atoms with van der Waals surface area (Å²) in [5.41, 5.74) is 1.99. The first-order valence-corrected chi connectivity index (χ1v) is 18.6. The zero-order valence-electron chi connectivity index (χ0n) is 22.1. The fourth-order valence-electron chi connectivity index (χ4n) is 5.34. The van der Waals surface area contributed by atoms with Gasteiger partial charge in [-0.3, -0.25) is 19.4 Å². The Kier molecular flexibility index (Phi) is 10.8. The summed E-state index contributed by atoms with van der Waals surface area (Å²) in [5, 5.41) is 14.9. The molecule has 3 atom stereocenters. The van der Waals surface area contributed by atoms with Crippen molar-refractivity contribution in [1.29, 1.82) is 0 Å². The summed E-state index contributed by atoms with van der Waals surface area (Å²) in [5.74, 6) is -2.55. The Morgan fingerprint density at radius 3 is 2.64 bits per heavy atom. The molecule has 0 aromatic carbocycles. The number of nitrogens with zero attached hydrogens (tertiary/aromatic N) is 6. The Morgan fingerprint density at radius 2 is 2.03 bits per heavy atom. The smallest absolute Gasteiger partial charge is 0.210 e. The number of carbonyl (C=O) groups is 2. The minimum atomic E-state index is -0.917. The number of nitrogens with two attached hydrogens (primary N) is 1. The molecule has 1 saturated heterocycles. The van der Waals surface area contributed by atoms with Crippen LogP contribution in [0.4, 0.5) is 0 Å². The second kappa shape index (κ2) is 13.7. The van der Waals surface area contributed by atoms with E-state index in [1.54, 1.807) is 9.13 Å². The minimum Gasteiger partial charge on any atom is -0.347 e. The Labute approximate surface area is 252 Å². The highest BCUT2D eigenvalue weighted by atomic mass is 127. The zero-order valence-corrected chi connectivity index (χ0v) is 27.0. The molecule has 3 aromatic heterocycles. The number of ether oxygens (including phenoxy) is 2. The van der Waals surface area contributed by atoms with Crippen LogP contribution in [0, 0.1) is 11.8 Å². The van der Waals surface area contributed by atoms with Gasteiger partial charge in [0.1, 0.15) is 16.4 Å². The maximum Gasteiger partial charge on any atom is 0.210 e. The summed E-state index contributed by atoms with van der Waals surface area (Å²) in [6.07, 6.45) is 8.49. The van der Waals surface area contributed by atoms with Gasteiger partial charge in [0, 0.05) is 19.7 Å². The van der Waals surface area contributed by atoms with Crippen LogP contribution in [0.5, 0.6) is 0 Å². The number of rotatable bonds is 9. The van der Waals surface area contributed by atoms with Crippen molar-refractivity contribution in [3.63, 3.8) is 0 Å². The number of halogens is 1. The van der Waals surface area contributed by atoms with Crippen molar-refractivity contribution in [2.75, 3.05) is 19.5 Å². The Bertz CT molecular complexity index is 1330. The zero-order chi connectivity index (χ0) is 28.2. The number of Topliss-reactive ketones (excluding diaryl/α,β-unsaturated/α-hetero) is 2. The van der Waals surface area contributed by atoms with Gasteiger partial charge in [-0.05, 0) is 53.6 Å². The van der Waals surface area contributed by atoms with Crippen molar-refractivity contribution in [2.24, 2.45) is 24.0 Å². The predicted octanol–water partition coefficient (Wildman–Crippen LogP) is 4.63. The number of unbranched alkanes of at least 4 members (excludes halogenated alkanes) is 1. The highest BCUT2D eigenvalue weighted by Gasteiger charge is 2.51. The number of aromatic nitrogens is 6. The van der Waals surface area contributed by atoms with Crippen LogP contribution in [0.3, 0.4) is 0 Å². The van der Waals surface area contributed by atoms with Crippen LogP contribution < -0.4 is 5.14 Å². The van der Waals surface area contributed by atoms with Gasteiger partial charge in [0.05, 0.1) is 36.8 Å². The molecule has 3 aromatic rings. The molecule has 5 rings (SSSR count). The first-order valence-electron chi connectivity index (χ1n) is 12.8. The van der Waals surface area contributed by atoms with Crippen molar-refractivity contribution in [1.82, 2.24) is 29.3 Å². The van der Waals surface area contributed by atoms with Crippen LogP contribution in [0.15, 0.2) is 17.3 Å². The van der Waals surface area contributed by atoms with Crippen LogP contribution in [-0.2, 0) is 21.3 Å². The second-order valence-corrected chi connectivity index (χ2v) is 12.2. The summed E-state index contributed by atoms with van der Waals surface area (Å²) in [6, 6.07) is 1.90. The number of fused-ring (bicyclic) bond motifs is 1. The Morgan fingerprint density at radius 1 is 1.28 bits per heavy atom. The van der Waals surface area contributed by atoms with Crippen molar-refractivity contribution >= 4 is 75.6 Å². The van der Waals surface area contributed by atoms with Gasteiger partial charge >= 0.3 is 0 Å². The van der Waals surface area contributed by atoms with Crippen molar-refractivity contribution in [3.05, 3.63) is 18.1 Å². The van der Waals surface area contributed by atoms with Gasteiger partial charge in [0.15, 0.2) is 23.0 Å². The van der Waals surface area contributed by atoms with Gasteiger partial charge in [-0.25, -0.2) is 14.4 Å². The molecule has 4 heterocycles. The standard InChI is InChI=1S/C24H30IN6O4PS.H3NS/c1-4-5-10-24(34-12-13-35-24)15-8-6-7-14(19(15)32)20(33)21-26-22-17(23(27-21)37-3)18(29-31(22)36-25)16-9-11-30(2)28-16;1-2/h9,11,14-15,36H,4-8,10,12-13H2,1-3H3;2H,1H2. The number of ketones is 2. The molecule has 0 bridgehead atoms. The number of aryl methyl sites for hydroxylation is 1. The Hall–Kier alpha value is -1.16. The maximum atomic E-state index is 13.8. The number of carbonyl (C=O) groups excluding carboxylic acids is 2. The van der Waals surface area contributed by atoms with E-state index in [2.05, 4.69) is 62.0 Å². The van der Waals surface area contributed by atoms with E-state index < -0.39 is 17.6 Å². The van der Waals surface area contributed by atoms with Crippen molar-refractivity contribution in [3.8, 4) is 11.4 Å². The molecule has 15 heteroatoms. The lowest BCUT2D eigenvalue weighted by Gasteiger charge is -2.38. The molecule has 39 heavy (non-hydrogen) atoms. The summed E-state index contributed by atoms with van der Waals surface area (Å²) in [6.45, 7) is 3.06. The predicted molar refractivity (Wildman–Crippen MR) is 165 cm³/mol. The van der Waals surface area contributed by atoms with E-state index in [-0.39, 0.29) is 23.8 Å².